The van der Waals surface area contributed by atoms with E-state index in [-0.39, 0.29) is 11.8 Å². The third kappa shape index (κ3) is 5.95. The monoisotopic (exact) mass is 378 g/mol. The number of carbonyl (C=O) groups is 2. The zero-order chi connectivity index (χ0) is 19.6. The molecule has 4 heteroatoms. The highest BCUT2D eigenvalue weighted by Gasteiger charge is 2.26. The first-order chi connectivity index (χ1) is 13.7. The van der Waals surface area contributed by atoms with E-state index in [0.717, 1.165) is 25.8 Å². The Balaban J connectivity index is 1.46. The van der Waals surface area contributed by atoms with Gasteiger partial charge in [-0.25, -0.2) is 0 Å². The van der Waals surface area contributed by atoms with Crippen LogP contribution in [0.2, 0.25) is 0 Å². The molecular weight excluding hydrogens is 348 g/mol. The topological polar surface area (TPSA) is 49.4 Å². The molecule has 4 nitrogen and oxygen atoms in total. The maximum atomic E-state index is 12.9. The molecule has 148 valence electrons. The van der Waals surface area contributed by atoms with Gasteiger partial charge in [-0.2, -0.15) is 0 Å². The van der Waals surface area contributed by atoms with Gasteiger partial charge >= 0.3 is 0 Å². The van der Waals surface area contributed by atoms with E-state index >= 15 is 0 Å². The Morgan fingerprint density at radius 3 is 2.25 bits per heavy atom. The minimum Gasteiger partial charge on any atom is -0.352 e. The van der Waals surface area contributed by atoms with E-state index in [1.807, 2.05) is 36.4 Å². The van der Waals surface area contributed by atoms with Gasteiger partial charge in [-0.15, -0.1) is 0 Å². The van der Waals surface area contributed by atoms with Gasteiger partial charge in [-0.05, 0) is 43.4 Å². The van der Waals surface area contributed by atoms with Crippen LogP contribution < -0.4 is 5.32 Å². The standard InChI is InChI=1S/C24H30N2O2/c27-23(16-9-18-25-24(28)21-12-5-2-6-13-21)26(22-14-7-8-15-22)19-17-20-10-3-1-4-11-20/h1-6,10-13,22H,7-9,14-19H2,(H,25,28). The summed E-state index contributed by atoms with van der Waals surface area (Å²) in [6, 6.07) is 19.9. The summed E-state index contributed by atoms with van der Waals surface area (Å²) in [6.07, 6.45) is 6.72. The average molecular weight is 379 g/mol. The molecule has 3 rings (SSSR count). The van der Waals surface area contributed by atoms with Crippen LogP contribution in [-0.2, 0) is 11.2 Å². The minimum atomic E-state index is -0.0789. The highest BCUT2D eigenvalue weighted by atomic mass is 16.2. The highest BCUT2D eigenvalue weighted by Crippen LogP contribution is 2.24. The maximum Gasteiger partial charge on any atom is 0.251 e. The third-order valence-electron chi connectivity index (χ3n) is 5.46. The van der Waals surface area contributed by atoms with Gasteiger partial charge in [0.25, 0.3) is 5.91 Å². The SMILES string of the molecule is O=C(NCCCC(=O)N(CCc1ccccc1)C1CCCC1)c1ccccc1. The summed E-state index contributed by atoms with van der Waals surface area (Å²) in [4.78, 5) is 27.1. The predicted octanol–water partition coefficient (Wildman–Crippen LogP) is 4.21. The molecule has 0 bridgehead atoms. The number of benzene rings is 2. The Bertz CT molecular complexity index is 740. The fourth-order valence-corrected chi connectivity index (χ4v) is 3.90. The Morgan fingerprint density at radius 1 is 0.929 bits per heavy atom. The number of nitrogens with zero attached hydrogens (tertiary/aromatic N) is 1. The van der Waals surface area contributed by atoms with Gasteiger partial charge in [0.1, 0.15) is 0 Å². The van der Waals surface area contributed by atoms with Gasteiger partial charge in [0, 0.05) is 31.1 Å². The fraction of sp³-hybridized carbons (Fsp3) is 0.417. The van der Waals surface area contributed by atoms with Crippen LogP contribution in [-0.4, -0.2) is 35.8 Å². The minimum absolute atomic E-state index is 0.0789. The quantitative estimate of drug-likeness (QED) is 0.665. The summed E-state index contributed by atoms with van der Waals surface area (Å²) >= 11 is 0. The molecule has 0 radical (unpaired) electrons. The van der Waals surface area contributed by atoms with Gasteiger partial charge in [0.05, 0.1) is 0 Å². The molecule has 1 aliphatic carbocycles. The molecule has 0 aliphatic heterocycles. The fourth-order valence-electron chi connectivity index (χ4n) is 3.90. The van der Waals surface area contributed by atoms with Gasteiger partial charge in [0.15, 0.2) is 0 Å². The number of hydrogen-bond acceptors (Lipinski definition) is 2. The molecule has 0 heterocycles. The van der Waals surface area contributed by atoms with Crippen molar-refractivity contribution in [2.24, 2.45) is 0 Å². The van der Waals surface area contributed by atoms with E-state index in [2.05, 4.69) is 22.3 Å². The van der Waals surface area contributed by atoms with Crippen molar-refractivity contribution >= 4 is 11.8 Å². The Labute approximate surface area is 167 Å². The van der Waals surface area contributed by atoms with Crippen LogP contribution in [0.25, 0.3) is 0 Å². The van der Waals surface area contributed by atoms with Crippen molar-refractivity contribution in [2.45, 2.75) is 51.0 Å². The lowest BCUT2D eigenvalue weighted by Crippen LogP contribution is -2.40. The Kier molecular flexibility index (Phi) is 7.65. The van der Waals surface area contributed by atoms with Gasteiger partial charge in [-0.3, -0.25) is 9.59 Å². The highest BCUT2D eigenvalue weighted by molar-refractivity contribution is 5.94. The Hall–Kier alpha value is -2.62. The second kappa shape index (κ2) is 10.6. The number of carbonyl (C=O) groups excluding carboxylic acids is 2. The molecule has 0 spiro atoms. The summed E-state index contributed by atoms with van der Waals surface area (Å²) < 4.78 is 0. The number of nitrogens with one attached hydrogen (secondary N) is 1. The van der Waals surface area contributed by atoms with Gasteiger partial charge in [-0.1, -0.05) is 61.4 Å². The summed E-state index contributed by atoms with van der Waals surface area (Å²) in [5.74, 6) is 0.140. The molecular formula is C24H30N2O2. The van der Waals surface area contributed by atoms with Crippen LogP contribution in [0.5, 0.6) is 0 Å². The predicted molar refractivity (Wildman–Crippen MR) is 112 cm³/mol. The van der Waals surface area contributed by atoms with E-state index in [1.165, 1.54) is 18.4 Å². The first-order valence-electron chi connectivity index (χ1n) is 10.4. The van der Waals surface area contributed by atoms with Crippen molar-refractivity contribution in [2.75, 3.05) is 13.1 Å². The second-order valence-electron chi connectivity index (χ2n) is 7.49. The average Bonchev–Trinajstić information content (AvgIpc) is 3.27. The molecule has 1 N–H and O–H groups in total. The van der Waals surface area contributed by atoms with Crippen molar-refractivity contribution in [3.8, 4) is 0 Å². The molecule has 2 amide bonds. The van der Waals surface area contributed by atoms with Crippen molar-refractivity contribution in [3.05, 3.63) is 71.8 Å². The molecule has 2 aromatic carbocycles. The van der Waals surface area contributed by atoms with E-state index in [9.17, 15) is 9.59 Å². The van der Waals surface area contributed by atoms with Crippen LogP contribution in [0.3, 0.4) is 0 Å². The maximum absolute atomic E-state index is 12.9. The van der Waals surface area contributed by atoms with Crippen LogP contribution >= 0.6 is 0 Å². The van der Waals surface area contributed by atoms with E-state index < -0.39 is 0 Å². The van der Waals surface area contributed by atoms with Crippen LogP contribution in [0.4, 0.5) is 0 Å². The third-order valence-corrected chi connectivity index (χ3v) is 5.46. The summed E-state index contributed by atoms with van der Waals surface area (Å²) in [5.41, 5.74) is 1.93. The second-order valence-corrected chi connectivity index (χ2v) is 7.49. The number of rotatable bonds is 9. The zero-order valence-corrected chi connectivity index (χ0v) is 16.5. The molecule has 28 heavy (non-hydrogen) atoms. The lowest BCUT2D eigenvalue weighted by molar-refractivity contribution is -0.133. The first-order valence-corrected chi connectivity index (χ1v) is 10.4. The van der Waals surface area contributed by atoms with Gasteiger partial charge in [0.2, 0.25) is 5.91 Å². The van der Waals surface area contributed by atoms with Crippen LogP contribution in [0.15, 0.2) is 60.7 Å². The lowest BCUT2D eigenvalue weighted by atomic mass is 10.1. The van der Waals surface area contributed by atoms with Crippen molar-refractivity contribution in [3.63, 3.8) is 0 Å². The summed E-state index contributed by atoms with van der Waals surface area (Å²) in [5, 5.41) is 2.91. The normalized spacial score (nSPS) is 14.0. The molecule has 0 saturated heterocycles. The van der Waals surface area contributed by atoms with Crippen molar-refractivity contribution in [1.82, 2.24) is 10.2 Å². The van der Waals surface area contributed by atoms with Crippen LogP contribution in [0.1, 0.15) is 54.4 Å². The molecule has 0 unspecified atom stereocenters. The molecule has 1 fully saturated rings. The molecule has 2 aromatic rings. The number of amides is 2. The van der Waals surface area contributed by atoms with Gasteiger partial charge < -0.3 is 10.2 Å². The largest absolute Gasteiger partial charge is 0.352 e. The Morgan fingerprint density at radius 2 is 1.57 bits per heavy atom. The molecule has 0 atom stereocenters. The lowest BCUT2D eigenvalue weighted by Gasteiger charge is -2.29. The van der Waals surface area contributed by atoms with E-state index in [1.54, 1.807) is 12.1 Å². The van der Waals surface area contributed by atoms with Crippen LogP contribution in [0, 0.1) is 0 Å². The van der Waals surface area contributed by atoms with Crippen molar-refractivity contribution < 1.29 is 9.59 Å². The first kappa shape index (κ1) is 20.1. The zero-order valence-electron chi connectivity index (χ0n) is 16.5. The molecule has 1 aliphatic rings. The van der Waals surface area contributed by atoms with E-state index in [4.69, 9.17) is 0 Å². The molecule has 0 aromatic heterocycles. The molecule has 1 saturated carbocycles. The summed E-state index contributed by atoms with van der Waals surface area (Å²) in [7, 11) is 0. The summed E-state index contributed by atoms with van der Waals surface area (Å²) in [6.45, 7) is 1.31. The smallest absolute Gasteiger partial charge is 0.251 e. The number of hydrogen-bond donors (Lipinski definition) is 1. The van der Waals surface area contributed by atoms with E-state index in [0.29, 0.717) is 31.0 Å². The van der Waals surface area contributed by atoms with Crippen molar-refractivity contribution in [1.29, 1.82) is 0 Å².